The molecule has 2 aliphatic rings. The Balaban J connectivity index is 1.31. The number of aromatic nitrogens is 2. The molecule has 1 N–H and O–H groups in total. The van der Waals surface area contributed by atoms with Gasteiger partial charge in [-0.25, -0.2) is 4.79 Å². The van der Waals surface area contributed by atoms with Crippen LogP contribution in [-0.2, 0) is 9.59 Å². The summed E-state index contributed by atoms with van der Waals surface area (Å²) in [6, 6.07) is 7.40. The zero-order chi connectivity index (χ0) is 20.4. The van der Waals surface area contributed by atoms with Crippen molar-refractivity contribution in [3.05, 3.63) is 42.2 Å². The monoisotopic (exact) mass is 398 g/mol. The van der Waals surface area contributed by atoms with Gasteiger partial charge in [0.25, 0.3) is 5.91 Å². The van der Waals surface area contributed by atoms with Crippen molar-refractivity contribution < 1.29 is 24.2 Å². The maximum atomic E-state index is 12.7. The average Bonchev–Trinajstić information content (AvgIpc) is 3.24. The number of carbonyl (C=O) groups excluding carboxylic acids is 2. The molecule has 9 nitrogen and oxygen atoms in total. The van der Waals surface area contributed by atoms with Gasteiger partial charge < -0.3 is 19.6 Å². The van der Waals surface area contributed by atoms with Gasteiger partial charge in [-0.05, 0) is 25.0 Å². The molecule has 0 saturated carbocycles. The van der Waals surface area contributed by atoms with Crippen LogP contribution in [0.2, 0.25) is 0 Å². The maximum absolute atomic E-state index is 12.7. The number of likely N-dealkylation sites (tertiary alicyclic amines) is 1. The molecule has 1 fully saturated rings. The number of fused-ring (bicyclic) bond motifs is 1. The van der Waals surface area contributed by atoms with E-state index in [1.165, 1.54) is 12.4 Å². The van der Waals surface area contributed by atoms with Crippen LogP contribution in [0.3, 0.4) is 0 Å². The Morgan fingerprint density at radius 3 is 2.69 bits per heavy atom. The first-order valence-electron chi connectivity index (χ1n) is 9.60. The van der Waals surface area contributed by atoms with Crippen molar-refractivity contribution in [2.75, 3.05) is 31.1 Å². The van der Waals surface area contributed by atoms with Crippen molar-refractivity contribution in [1.29, 1.82) is 0 Å². The molecule has 4 rings (SSSR count). The van der Waals surface area contributed by atoms with Gasteiger partial charge in [-0.1, -0.05) is 12.1 Å². The molecule has 0 aliphatic carbocycles. The van der Waals surface area contributed by atoms with E-state index in [2.05, 4.69) is 5.10 Å². The quantitative estimate of drug-likeness (QED) is 0.820. The lowest BCUT2D eigenvalue weighted by molar-refractivity contribution is -0.132. The molecule has 1 aromatic heterocycles. The first-order valence-corrected chi connectivity index (χ1v) is 9.60. The van der Waals surface area contributed by atoms with Gasteiger partial charge in [0.05, 0.1) is 23.5 Å². The lowest BCUT2D eigenvalue weighted by atomic mass is 10.0. The first-order chi connectivity index (χ1) is 14.0. The standard InChI is InChI=1S/C20H22N4O5/c25-18(7-10-23-16-3-1-2-4-17(16)29-13-19(23)26)22-8-5-15(6-9-22)24-12-14(11-21-24)20(27)28/h1-4,11-12,15H,5-10,13H2,(H,27,28). The third kappa shape index (κ3) is 3.94. The molecular formula is C20H22N4O5. The van der Waals surface area contributed by atoms with Gasteiger partial charge >= 0.3 is 5.97 Å². The highest BCUT2D eigenvalue weighted by molar-refractivity contribution is 5.98. The molecule has 152 valence electrons. The summed E-state index contributed by atoms with van der Waals surface area (Å²) in [7, 11) is 0. The molecule has 3 heterocycles. The third-order valence-electron chi connectivity index (χ3n) is 5.40. The minimum absolute atomic E-state index is 0.00640. The number of hydrogen-bond donors (Lipinski definition) is 1. The normalized spacial score (nSPS) is 17.0. The van der Waals surface area contributed by atoms with E-state index in [4.69, 9.17) is 9.84 Å². The minimum atomic E-state index is -0.997. The molecule has 0 spiro atoms. The zero-order valence-corrected chi connectivity index (χ0v) is 15.9. The first kappa shape index (κ1) is 19.0. The number of carboxylic acids is 1. The van der Waals surface area contributed by atoms with E-state index < -0.39 is 5.97 Å². The van der Waals surface area contributed by atoms with Crippen LogP contribution >= 0.6 is 0 Å². The van der Waals surface area contributed by atoms with Crippen LogP contribution in [-0.4, -0.2) is 63.8 Å². The van der Waals surface area contributed by atoms with Crippen molar-refractivity contribution >= 4 is 23.5 Å². The second kappa shape index (κ2) is 7.94. The maximum Gasteiger partial charge on any atom is 0.338 e. The summed E-state index contributed by atoms with van der Waals surface area (Å²) in [4.78, 5) is 39.3. The summed E-state index contributed by atoms with van der Waals surface area (Å²) in [6.45, 7) is 1.47. The molecular weight excluding hydrogens is 376 g/mol. The Morgan fingerprint density at radius 1 is 1.21 bits per heavy atom. The summed E-state index contributed by atoms with van der Waals surface area (Å²) >= 11 is 0. The number of carbonyl (C=O) groups is 3. The summed E-state index contributed by atoms with van der Waals surface area (Å²) in [5, 5.41) is 13.2. The SMILES string of the molecule is O=C(O)c1cnn(C2CCN(C(=O)CCN3C(=O)COc4ccccc43)CC2)c1. The summed E-state index contributed by atoms with van der Waals surface area (Å²) in [6.07, 6.45) is 4.55. The Morgan fingerprint density at radius 2 is 1.97 bits per heavy atom. The van der Waals surface area contributed by atoms with E-state index in [0.717, 1.165) is 0 Å². The van der Waals surface area contributed by atoms with Crippen molar-refractivity contribution in [3.8, 4) is 5.75 Å². The molecule has 1 aromatic carbocycles. The van der Waals surface area contributed by atoms with Crippen LogP contribution in [0.15, 0.2) is 36.7 Å². The molecule has 9 heteroatoms. The molecule has 0 bridgehead atoms. The van der Waals surface area contributed by atoms with Crippen LogP contribution in [0, 0.1) is 0 Å². The van der Waals surface area contributed by atoms with E-state index >= 15 is 0 Å². The highest BCUT2D eigenvalue weighted by atomic mass is 16.5. The zero-order valence-electron chi connectivity index (χ0n) is 15.9. The fourth-order valence-corrected chi connectivity index (χ4v) is 3.79. The topological polar surface area (TPSA) is 105 Å². The van der Waals surface area contributed by atoms with Crippen LogP contribution in [0.4, 0.5) is 5.69 Å². The number of carboxylic acid groups (broad SMARTS) is 1. The van der Waals surface area contributed by atoms with Gasteiger partial charge in [0.1, 0.15) is 5.75 Å². The fourth-order valence-electron chi connectivity index (χ4n) is 3.79. The van der Waals surface area contributed by atoms with Crippen molar-refractivity contribution in [2.24, 2.45) is 0 Å². The van der Waals surface area contributed by atoms with Crippen LogP contribution in [0.5, 0.6) is 5.75 Å². The Bertz CT molecular complexity index is 932. The number of ether oxygens (including phenoxy) is 1. The largest absolute Gasteiger partial charge is 0.482 e. The van der Waals surface area contributed by atoms with Crippen molar-refractivity contribution in [1.82, 2.24) is 14.7 Å². The van der Waals surface area contributed by atoms with Gasteiger partial charge in [0, 0.05) is 32.3 Å². The smallest absolute Gasteiger partial charge is 0.338 e. The fraction of sp³-hybridized carbons (Fsp3) is 0.400. The molecule has 0 atom stereocenters. The molecule has 2 aromatic rings. The summed E-state index contributed by atoms with van der Waals surface area (Å²) in [5.74, 6) is -0.488. The van der Waals surface area contributed by atoms with Crippen LogP contribution < -0.4 is 9.64 Å². The highest BCUT2D eigenvalue weighted by Gasteiger charge is 2.28. The van der Waals surface area contributed by atoms with Gasteiger partial charge in [-0.2, -0.15) is 5.10 Å². The van der Waals surface area contributed by atoms with Crippen molar-refractivity contribution in [3.63, 3.8) is 0 Å². The number of nitrogens with zero attached hydrogens (tertiary/aromatic N) is 4. The van der Waals surface area contributed by atoms with Crippen molar-refractivity contribution in [2.45, 2.75) is 25.3 Å². The van der Waals surface area contributed by atoms with Gasteiger partial charge in [0.15, 0.2) is 6.61 Å². The van der Waals surface area contributed by atoms with E-state index in [9.17, 15) is 14.4 Å². The second-order valence-corrected chi connectivity index (χ2v) is 7.18. The Hall–Kier alpha value is -3.36. The number of rotatable bonds is 5. The molecule has 29 heavy (non-hydrogen) atoms. The second-order valence-electron chi connectivity index (χ2n) is 7.18. The number of benzene rings is 1. The minimum Gasteiger partial charge on any atom is -0.482 e. The number of aromatic carboxylic acids is 1. The highest BCUT2D eigenvalue weighted by Crippen LogP contribution is 2.31. The molecule has 1 saturated heterocycles. The third-order valence-corrected chi connectivity index (χ3v) is 5.40. The van der Waals surface area contributed by atoms with E-state index in [1.54, 1.807) is 14.5 Å². The van der Waals surface area contributed by atoms with Crippen LogP contribution in [0.1, 0.15) is 35.7 Å². The van der Waals surface area contributed by atoms with E-state index in [1.807, 2.05) is 24.3 Å². The number of amides is 2. The predicted molar refractivity (Wildman–Crippen MR) is 103 cm³/mol. The van der Waals surface area contributed by atoms with E-state index in [-0.39, 0.29) is 36.4 Å². The lowest BCUT2D eigenvalue weighted by Gasteiger charge is -2.33. The predicted octanol–water partition coefficient (Wildman–Crippen LogP) is 1.56. The molecule has 2 amide bonds. The lowest BCUT2D eigenvalue weighted by Crippen LogP contribution is -2.43. The molecule has 0 unspecified atom stereocenters. The average molecular weight is 398 g/mol. The summed E-state index contributed by atoms with van der Waals surface area (Å²) in [5.41, 5.74) is 0.863. The van der Waals surface area contributed by atoms with Gasteiger partial charge in [-0.15, -0.1) is 0 Å². The number of anilines is 1. The Labute approximate surface area is 167 Å². The molecule has 0 radical (unpaired) electrons. The van der Waals surface area contributed by atoms with Crippen LogP contribution in [0.25, 0.3) is 0 Å². The number of hydrogen-bond acceptors (Lipinski definition) is 5. The molecule has 2 aliphatic heterocycles. The number of para-hydroxylation sites is 2. The van der Waals surface area contributed by atoms with E-state index in [0.29, 0.717) is 43.9 Å². The van der Waals surface area contributed by atoms with Gasteiger partial charge in [-0.3, -0.25) is 14.3 Å². The Kier molecular flexibility index (Phi) is 5.20. The number of piperidine rings is 1. The summed E-state index contributed by atoms with van der Waals surface area (Å²) < 4.78 is 7.10. The van der Waals surface area contributed by atoms with Gasteiger partial charge in [0.2, 0.25) is 5.91 Å².